The van der Waals surface area contributed by atoms with Crippen molar-refractivity contribution in [2.45, 2.75) is 33.4 Å². The Hall–Kier alpha value is -2.04. The van der Waals surface area contributed by atoms with Crippen molar-refractivity contribution in [1.29, 1.82) is 0 Å². The molecule has 1 atom stereocenters. The van der Waals surface area contributed by atoms with Crippen LogP contribution in [0.15, 0.2) is 29.4 Å². The van der Waals surface area contributed by atoms with Gasteiger partial charge < -0.3 is 15.8 Å². The van der Waals surface area contributed by atoms with Crippen LogP contribution in [0.2, 0.25) is 0 Å². The third-order valence-corrected chi connectivity index (χ3v) is 3.98. The first kappa shape index (κ1) is 13.4. The zero-order valence-corrected chi connectivity index (χ0v) is 11.3. The van der Waals surface area contributed by atoms with Gasteiger partial charge in [-0.05, 0) is 24.5 Å². The molecule has 5 heteroatoms. The molecule has 3 N–H and O–H groups in total. The Morgan fingerprint density at radius 1 is 1.42 bits per heavy atom. The lowest BCUT2D eigenvalue weighted by molar-refractivity contribution is -0.138. The molecule has 0 fully saturated rings. The fraction of sp³-hybridized carbons (Fsp3) is 0.429. The van der Waals surface area contributed by atoms with Crippen molar-refractivity contribution in [2.24, 2.45) is 16.3 Å². The van der Waals surface area contributed by atoms with Gasteiger partial charge in [0.05, 0.1) is 0 Å². The summed E-state index contributed by atoms with van der Waals surface area (Å²) in [6.45, 7) is 4.75. The zero-order chi connectivity index (χ0) is 14.0. The van der Waals surface area contributed by atoms with Crippen LogP contribution in [0.25, 0.3) is 0 Å². The van der Waals surface area contributed by atoms with Gasteiger partial charge in [-0.2, -0.15) is 0 Å². The highest BCUT2D eigenvalue weighted by Gasteiger charge is 2.41. The number of nitrogens with two attached hydrogens (primary N) is 1. The molecular weight excluding hydrogens is 242 g/mol. The fourth-order valence-electron chi connectivity index (χ4n) is 2.38. The first-order chi connectivity index (χ1) is 9.02. The van der Waals surface area contributed by atoms with Gasteiger partial charge in [0.25, 0.3) is 0 Å². The van der Waals surface area contributed by atoms with E-state index in [0.717, 1.165) is 11.1 Å². The Kier molecular flexibility index (Phi) is 3.46. The molecule has 0 saturated carbocycles. The number of rotatable bonds is 3. The second-order valence-electron chi connectivity index (χ2n) is 5.10. The van der Waals surface area contributed by atoms with Gasteiger partial charge in [-0.3, -0.25) is 4.79 Å². The molecule has 19 heavy (non-hydrogen) atoms. The highest BCUT2D eigenvalue weighted by Crippen LogP contribution is 2.30. The summed E-state index contributed by atoms with van der Waals surface area (Å²) in [5, 5.41) is 11.9. The van der Waals surface area contributed by atoms with Crippen LogP contribution in [0.3, 0.4) is 0 Å². The number of nitrogens with zero attached hydrogens (tertiary/aromatic N) is 2. The Morgan fingerprint density at radius 2 is 1.95 bits per heavy atom. The smallest absolute Gasteiger partial charge is 0.236 e. The number of benzene rings is 1. The lowest BCUT2D eigenvalue weighted by Gasteiger charge is -2.30. The Morgan fingerprint density at radius 3 is 2.37 bits per heavy atom. The van der Waals surface area contributed by atoms with Crippen molar-refractivity contribution in [1.82, 2.24) is 4.90 Å². The number of oxime groups is 1. The average Bonchev–Trinajstić information content (AvgIpc) is 2.88. The number of hydrogen-bond acceptors (Lipinski definition) is 3. The van der Waals surface area contributed by atoms with Gasteiger partial charge in [0.1, 0.15) is 5.41 Å². The molecule has 0 aromatic heterocycles. The standard InChI is InChI=1S/C14H19N3O2/c1-3-14(2,12(15)16-19)13(18)17-8-10-6-4-5-7-11(10)9-17/h4-7,19H,3,8-9H2,1-2H3,(H2,15,16). The molecule has 0 bridgehead atoms. The molecule has 1 aliphatic rings. The van der Waals surface area contributed by atoms with E-state index in [-0.39, 0.29) is 11.7 Å². The van der Waals surface area contributed by atoms with Crippen molar-refractivity contribution in [3.05, 3.63) is 35.4 Å². The van der Waals surface area contributed by atoms with Crippen LogP contribution >= 0.6 is 0 Å². The highest BCUT2D eigenvalue weighted by molar-refractivity contribution is 6.06. The van der Waals surface area contributed by atoms with Crippen LogP contribution in [0.1, 0.15) is 31.4 Å². The number of fused-ring (bicyclic) bond motifs is 1. The van der Waals surface area contributed by atoms with E-state index >= 15 is 0 Å². The minimum absolute atomic E-state index is 0.0315. The Bertz CT molecular complexity index is 502. The molecule has 1 unspecified atom stereocenters. The number of amidine groups is 1. The molecule has 1 heterocycles. The average molecular weight is 261 g/mol. The predicted octanol–water partition coefficient (Wildman–Crippen LogP) is 1.69. The second-order valence-corrected chi connectivity index (χ2v) is 5.10. The van der Waals surface area contributed by atoms with Crippen LogP contribution in [0, 0.1) is 5.41 Å². The molecule has 0 radical (unpaired) electrons. The Balaban J connectivity index is 2.23. The summed E-state index contributed by atoms with van der Waals surface area (Å²) >= 11 is 0. The van der Waals surface area contributed by atoms with Crippen molar-refractivity contribution < 1.29 is 10.0 Å². The van der Waals surface area contributed by atoms with E-state index in [9.17, 15) is 4.79 Å². The summed E-state index contributed by atoms with van der Waals surface area (Å²) in [5.74, 6) is -0.127. The largest absolute Gasteiger partial charge is 0.409 e. The van der Waals surface area contributed by atoms with Gasteiger partial charge >= 0.3 is 0 Å². The van der Waals surface area contributed by atoms with Crippen LogP contribution in [-0.4, -0.2) is 21.8 Å². The molecule has 2 rings (SSSR count). The summed E-state index contributed by atoms with van der Waals surface area (Å²) in [6.07, 6.45) is 0.495. The second kappa shape index (κ2) is 4.91. The maximum absolute atomic E-state index is 12.6. The lowest BCUT2D eigenvalue weighted by atomic mass is 9.84. The normalized spacial score (nSPS) is 18.0. The fourth-order valence-corrected chi connectivity index (χ4v) is 2.38. The van der Waals surface area contributed by atoms with Gasteiger partial charge in [0.2, 0.25) is 5.91 Å². The van der Waals surface area contributed by atoms with E-state index in [1.54, 1.807) is 11.8 Å². The molecular formula is C14H19N3O2. The third-order valence-electron chi connectivity index (χ3n) is 3.98. The summed E-state index contributed by atoms with van der Waals surface area (Å²) < 4.78 is 0. The molecule has 0 spiro atoms. The van der Waals surface area contributed by atoms with Crippen molar-refractivity contribution in [2.75, 3.05) is 0 Å². The molecule has 0 saturated heterocycles. The summed E-state index contributed by atoms with van der Waals surface area (Å²) in [6, 6.07) is 7.98. The van der Waals surface area contributed by atoms with Crippen molar-refractivity contribution in [3.8, 4) is 0 Å². The van der Waals surface area contributed by atoms with E-state index in [1.165, 1.54) is 0 Å². The minimum Gasteiger partial charge on any atom is -0.409 e. The molecule has 1 aromatic rings. The van der Waals surface area contributed by atoms with Crippen LogP contribution < -0.4 is 5.73 Å². The highest BCUT2D eigenvalue weighted by atomic mass is 16.4. The first-order valence-corrected chi connectivity index (χ1v) is 6.37. The quantitative estimate of drug-likeness (QED) is 0.376. The minimum atomic E-state index is -0.948. The maximum atomic E-state index is 12.6. The van der Waals surface area contributed by atoms with Gasteiger partial charge in [-0.1, -0.05) is 36.3 Å². The SMILES string of the molecule is CCC(C)(C(=O)N1Cc2ccccc2C1)/C(N)=N/O. The monoisotopic (exact) mass is 261 g/mol. The van der Waals surface area contributed by atoms with E-state index < -0.39 is 5.41 Å². The molecule has 1 aliphatic heterocycles. The van der Waals surface area contributed by atoms with E-state index in [0.29, 0.717) is 19.5 Å². The summed E-state index contributed by atoms with van der Waals surface area (Å²) in [7, 11) is 0. The Labute approximate surface area is 112 Å². The molecule has 0 aliphatic carbocycles. The number of amides is 1. The molecule has 1 aromatic carbocycles. The lowest BCUT2D eigenvalue weighted by Crippen LogP contribution is -2.47. The van der Waals surface area contributed by atoms with Gasteiger partial charge in [0, 0.05) is 13.1 Å². The number of carbonyl (C=O) groups excluding carboxylic acids is 1. The number of carbonyl (C=O) groups is 1. The van der Waals surface area contributed by atoms with Crippen LogP contribution in [0.4, 0.5) is 0 Å². The maximum Gasteiger partial charge on any atom is 0.236 e. The zero-order valence-electron chi connectivity index (χ0n) is 11.3. The van der Waals surface area contributed by atoms with E-state index in [4.69, 9.17) is 10.9 Å². The third kappa shape index (κ3) is 2.16. The predicted molar refractivity (Wildman–Crippen MR) is 72.5 cm³/mol. The van der Waals surface area contributed by atoms with Crippen LogP contribution in [0.5, 0.6) is 0 Å². The van der Waals surface area contributed by atoms with Gasteiger partial charge in [0.15, 0.2) is 5.84 Å². The summed E-state index contributed by atoms with van der Waals surface area (Å²) in [4.78, 5) is 14.4. The van der Waals surface area contributed by atoms with Gasteiger partial charge in [-0.25, -0.2) is 0 Å². The molecule has 102 valence electrons. The van der Waals surface area contributed by atoms with E-state index in [2.05, 4.69) is 5.16 Å². The first-order valence-electron chi connectivity index (χ1n) is 6.37. The molecule has 1 amide bonds. The summed E-state index contributed by atoms with van der Waals surface area (Å²) in [5.41, 5.74) is 7.06. The van der Waals surface area contributed by atoms with Gasteiger partial charge in [-0.15, -0.1) is 0 Å². The van der Waals surface area contributed by atoms with Crippen molar-refractivity contribution >= 4 is 11.7 Å². The van der Waals surface area contributed by atoms with Crippen LogP contribution in [-0.2, 0) is 17.9 Å². The number of hydrogen-bond donors (Lipinski definition) is 2. The molecule has 5 nitrogen and oxygen atoms in total. The van der Waals surface area contributed by atoms with Crippen molar-refractivity contribution in [3.63, 3.8) is 0 Å². The van der Waals surface area contributed by atoms with E-state index in [1.807, 2.05) is 31.2 Å². The topological polar surface area (TPSA) is 78.9 Å².